The molecule has 0 radical (unpaired) electrons. The number of carbonyl (C=O) groups is 1. The monoisotopic (exact) mass is 360 g/mol. The highest BCUT2D eigenvalue weighted by atomic mass is 19.3. The summed E-state index contributed by atoms with van der Waals surface area (Å²) in [6, 6.07) is 0. The van der Waals surface area contributed by atoms with Crippen molar-refractivity contribution in [3.05, 3.63) is 34.7 Å². The molecule has 25 heavy (non-hydrogen) atoms. The fourth-order valence-electron chi connectivity index (χ4n) is 3.40. The Morgan fingerprint density at radius 2 is 2.04 bits per heavy atom. The van der Waals surface area contributed by atoms with E-state index in [9.17, 15) is 22.4 Å². The Morgan fingerprint density at radius 1 is 1.32 bits per heavy atom. The third kappa shape index (κ3) is 4.73. The molecule has 0 aromatic carbocycles. The van der Waals surface area contributed by atoms with Crippen molar-refractivity contribution in [2.24, 2.45) is 5.92 Å². The molecule has 2 unspecified atom stereocenters. The van der Waals surface area contributed by atoms with Gasteiger partial charge in [0.25, 0.3) is 5.92 Å². The fraction of sp³-hybridized carbons (Fsp3) is 0.632. The maximum absolute atomic E-state index is 14.4. The van der Waals surface area contributed by atoms with E-state index >= 15 is 0 Å². The number of hydrogen-bond donors (Lipinski definition) is 0. The van der Waals surface area contributed by atoms with Crippen LogP contribution in [0.15, 0.2) is 34.7 Å². The normalized spacial score (nSPS) is 24.7. The van der Waals surface area contributed by atoms with Crippen LogP contribution in [0.3, 0.4) is 0 Å². The third-order valence-corrected chi connectivity index (χ3v) is 4.82. The van der Waals surface area contributed by atoms with E-state index in [0.717, 1.165) is 5.57 Å². The van der Waals surface area contributed by atoms with Gasteiger partial charge in [-0.1, -0.05) is 26.0 Å². The zero-order valence-corrected chi connectivity index (χ0v) is 14.6. The molecule has 0 heterocycles. The molecule has 0 spiro atoms. The van der Waals surface area contributed by atoms with Crippen LogP contribution < -0.4 is 0 Å². The smallest absolute Gasteiger partial charge is 0.308 e. The number of alkyl halides is 3. The summed E-state index contributed by atoms with van der Waals surface area (Å²) < 4.78 is 59.4. The molecule has 0 amide bonds. The van der Waals surface area contributed by atoms with Crippen molar-refractivity contribution in [3.63, 3.8) is 0 Å². The summed E-state index contributed by atoms with van der Waals surface area (Å²) in [6.45, 7) is 2.38. The molecule has 140 valence electrons. The molecule has 0 saturated heterocycles. The van der Waals surface area contributed by atoms with E-state index < -0.39 is 24.7 Å². The zero-order valence-electron chi connectivity index (χ0n) is 14.6. The lowest BCUT2D eigenvalue weighted by Crippen LogP contribution is -2.26. The summed E-state index contributed by atoms with van der Waals surface area (Å²) in [5, 5.41) is 0. The maximum Gasteiger partial charge on any atom is 0.308 e. The molecule has 0 fully saturated rings. The molecule has 2 atom stereocenters. The van der Waals surface area contributed by atoms with Crippen LogP contribution in [0, 0.1) is 5.92 Å². The van der Waals surface area contributed by atoms with Gasteiger partial charge in [0.15, 0.2) is 0 Å². The van der Waals surface area contributed by atoms with Crippen LogP contribution in [0.5, 0.6) is 0 Å². The number of allylic oxidation sites excluding steroid dienone is 5. The van der Waals surface area contributed by atoms with Gasteiger partial charge in [0.1, 0.15) is 11.9 Å². The minimum absolute atomic E-state index is 0.0409. The molecule has 0 N–H and O–H groups in total. The molecule has 0 aromatic heterocycles. The van der Waals surface area contributed by atoms with Crippen molar-refractivity contribution in [2.45, 2.75) is 64.4 Å². The molecular weight excluding hydrogens is 336 g/mol. The molecule has 0 bridgehead atoms. The van der Waals surface area contributed by atoms with Gasteiger partial charge in [0.2, 0.25) is 0 Å². The Morgan fingerprint density at radius 3 is 2.60 bits per heavy atom. The molecule has 0 aliphatic heterocycles. The molecule has 2 rings (SSSR count). The highest BCUT2D eigenvalue weighted by Gasteiger charge is 2.37. The number of rotatable bonds is 6. The Hall–Kier alpha value is -1.59. The van der Waals surface area contributed by atoms with Gasteiger partial charge in [-0.3, -0.25) is 9.18 Å². The van der Waals surface area contributed by atoms with E-state index in [0.29, 0.717) is 24.8 Å². The van der Waals surface area contributed by atoms with Gasteiger partial charge in [0.05, 0.1) is 13.1 Å². The van der Waals surface area contributed by atoms with Gasteiger partial charge in [-0.25, -0.2) is 13.2 Å². The van der Waals surface area contributed by atoms with Gasteiger partial charge in [-0.05, 0) is 36.3 Å². The lowest BCUT2D eigenvalue weighted by Gasteiger charge is -2.30. The summed E-state index contributed by atoms with van der Waals surface area (Å²) in [6.07, 6.45) is 3.01. The highest BCUT2D eigenvalue weighted by molar-refractivity contribution is 5.69. The van der Waals surface area contributed by atoms with Crippen molar-refractivity contribution in [2.75, 3.05) is 6.67 Å². The van der Waals surface area contributed by atoms with Crippen LogP contribution >= 0.6 is 0 Å². The summed E-state index contributed by atoms with van der Waals surface area (Å²) in [7, 11) is 0. The highest BCUT2D eigenvalue weighted by Crippen LogP contribution is 2.42. The number of hydrogen-bond acceptors (Lipinski definition) is 2. The predicted octanol–water partition coefficient (Wildman–Crippen LogP) is 5.60. The number of carbonyl (C=O) groups excluding carboxylic acids is 1. The largest absolute Gasteiger partial charge is 0.462 e. The second-order valence-corrected chi connectivity index (χ2v) is 6.65. The second kappa shape index (κ2) is 8.19. The van der Waals surface area contributed by atoms with Crippen LogP contribution in [-0.4, -0.2) is 24.7 Å². The van der Waals surface area contributed by atoms with E-state index in [1.807, 2.05) is 0 Å². The van der Waals surface area contributed by atoms with E-state index in [4.69, 9.17) is 4.74 Å². The van der Waals surface area contributed by atoms with Crippen LogP contribution in [0.4, 0.5) is 17.6 Å². The van der Waals surface area contributed by atoms with Crippen molar-refractivity contribution in [3.8, 4) is 0 Å². The summed E-state index contributed by atoms with van der Waals surface area (Å²) in [5.41, 5.74) is 1.35. The minimum atomic E-state index is -2.84. The summed E-state index contributed by atoms with van der Waals surface area (Å²) in [5.74, 6) is -4.22. The Balaban J connectivity index is 2.11. The lowest BCUT2D eigenvalue weighted by molar-refractivity contribution is -0.150. The quantitative estimate of drug-likeness (QED) is 0.455. The SMILES string of the molecule is CCC(F)(F)C1=CC=C(C2=C(F)CC(OC(=O)CCF)CC2)CC1C. The van der Waals surface area contributed by atoms with E-state index in [1.165, 1.54) is 13.0 Å². The van der Waals surface area contributed by atoms with E-state index in [2.05, 4.69) is 0 Å². The predicted molar refractivity (Wildman–Crippen MR) is 87.6 cm³/mol. The molecule has 0 aromatic rings. The lowest BCUT2D eigenvalue weighted by atomic mass is 9.79. The van der Waals surface area contributed by atoms with Gasteiger partial charge >= 0.3 is 5.97 Å². The Labute approximate surface area is 145 Å². The Bertz CT molecular complexity index is 605. The number of esters is 1. The fourth-order valence-corrected chi connectivity index (χ4v) is 3.40. The average Bonchev–Trinajstić information content (AvgIpc) is 2.54. The first-order chi connectivity index (χ1) is 11.8. The Kier molecular flexibility index (Phi) is 6.47. The van der Waals surface area contributed by atoms with Gasteiger partial charge in [-0.2, -0.15) is 0 Å². The van der Waals surface area contributed by atoms with Crippen LogP contribution in [0.25, 0.3) is 0 Å². The standard InChI is InChI=1S/C19H24F4O2/c1-3-19(22,23)16-7-4-13(10-12(16)2)15-6-5-14(11-17(15)21)25-18(24)8-9-20/h4,7,12,14H,3,5-6,8-11H2,1-2H3. The van der Waals surface area contributed by atoms with Gasteiger partial charge < -0.3 is 4.74 Å². The molecule has 2 aliphatic carbocycles. The van der Waals surface area contributed by atoms with Crippen LogP contribution in [0.1, 0.15) is 52.4 Å². The molecule has 2 nitrogen and oxygen atoms in total. The first kappa shape index (κ1) is 19.7. The molecule has 2 aliphatic rings. The topological polar surface area (TPSA) is 26.3 Å². The van der Waals surface area contributed by atoms with E-state index in [-0.39, 0.29) is 36.6 Å². The van der Waals surface area contributed by atoms with E-state index in [1.54, 1.807) is 13.0 Å². The number of halogens is 4. The van der Waals surface area contributed by atoms with Crippen molar-refractivity contribution in [1.29, 1.82) is 0 Å². The molecular formula is C19H24F4O2. The van der Waals surface area contributed by atoms with Gasteiger partial charge in [-0.15, -0.1) is 0 Å². The van der Waals surface area contributed by atoms with Crippen molar-refractivity contribution >= 4 is 5.97 Å². The second-order valence-electron chi connectivity index (χ2n) is 6.65. The first-order valence-electron chi connectivity index (χ1n) is 8.70. The minimum Gasteiger partial charge on any atom is -0.462 e. The summed E-state index contributed by atoms with van der Waals surface area (Å²) in [4.78, 5) is 11.3. The first-order valence-corrected chi connectivity index (χ1v) is 8.70. The average molecular weight is 360 g/mol. The number of ether oxygens (including phenoxy) is 1. The maximum atomic E-state index is 14.4. The molecule has 6 heteroatoms. The zero-order chi connectivity index (χ0) is 18.6. The molecule has 0 saturated carbocycles. The van der Waals surface area contributed by atoms with Crippen molar-refractivity contribution in [1.82, 2.24) is 0 Å². The van der Waals surface area contributed by atoms with Gasteiger partial charge in [0, 0.05) is 18.4 Å². The summed E-state index contributed by atoms with van der Waals surface area (Å²) >= 11 is 0. The van der Waals surface area contributed by atoms with Crippen LogP contribution in [-0.2, 0) is 9.53 Å². The van der Waals surface area contributed by atoms with Crippen LogP contribution in [0.2, 0.25) is 0 Å². The third-order valence-electron chi connectivity index (χ3n) is 4.82. The van der Waals surface area contributed by atoms with Crippen molar-refractivity contribution < 1.29 is 27.1 Å².